The van der Waals surface area contributed by atoms with Gasteiger partial charge >= 0.3 is 0 Å². The Bertz CT molecular complexity index is 841. The lowest BCUT2D eigenvalue weighted by Gasteiger charge is -2.22. The minimum Gasteiger partial charge on any atom is -0.480 e. The van der Waals surface area contributed by atoms with Gasteiger partial charge in [-0.2, -0.15) is 0 Å². The third-order valence-corrected chi connectivity index (χ3v) is 3.66. The molecule has 0 saturated carbocycles. The van der Waals surface area contributed by atoms with Gasteiger partial charge in [0.25, 0.3) is 5.56 Å². The first kappa shape index (κ1) is 18.1. The molecule has 5 nitrogen and oxygen atoms in total. The molecule has 0 fully saturated rings. The average Bonchev–Trinajstić information content (AvgIpc) is 2.52. The van der Waals surface area contributed by atoms with E-state index in [4.69, 9.17) is 16.3 Å². The molecule has 1 aromatic carbocycles. The van der Waals surface area contributed by atoms with Crippen molar-refractivity contribution in [1.29, 1.82) is 0 Å². The van der Waals surface area contributed by atoms with Crippen LogP contribution < -0.4 is 10.3 Å². The van der Waals surface area contributed by atoms with E-state index in [2.05, 4.69) is 5.10 Å². The summed E-state index contributed by atoms with van der Waals surface area (Å²) in [5.41, 5.74) is -0.184. The molecule has 0 aliphatic rings. The smallest absolute Gasteiger partial charge is 0.268 e. The number of benzene rings is 1. The van der Waals surface area contributed by atoms with Crippen LogP contribution in [0.4, 0.5) is 4.39 Å². The Hall–Kier alpha value is -2.21. The molecule has 0 saturated heterocycles. The number of carbonyl (C=O) groups excluding carboxylic acids is 1. The number of hydrogen-bond acceptors (Lipinski definition) is 4. The van der Waals surface area contributed by atoms with Crippen LogP contribution in [0.25, 0.3) is 11.1 Å². The molecule has 0 bridgehead atoms. The molecule has 1 heterocycles. The fraction of sp³-hybridized carbons (Fsp3) is 0.353. The molecule has 1 aromatic heterocycles. The maximum absolute atomic E-state index is 12.9. The maximum Gasteiger partial charge on any atom is 0.268 e. The highest BCUT2D eigenvalue weighted by atomic mass is 35.5. The van der Waals surface area contributed by atoms with Crippen molar-refractivity contribution in [2.24, 2.45) is 0 Å². The molecule has 0 N–H and O–H groups in total. The summed E-state index contributed by atoms with van der Waals surface area (Å²) in [6.07, 6.45) is 0. The quantitative estimate of drug-likeness (QED) is 0.790. The minimum atomic E-state index is -1.15. The SMILES string of the molecule is COc1nn(C(C)(C)C)c(=O)cc1-c1cc(Cl)ccc1C(=O)CF. The molecule has 0 spiro atoms. The number of alkyl halides is 1. The number of ether oxygens (including phenoxy) is 1. The number of halogens is 2. The molecule has 2 rings (SSSR count). The lowest BCUT2D eigenvalue weighted by Crippen LogP contribution is -2.35. The molecule has 7 heteroatoms. The predicted molar refractivity (Wildman–Crippen MR) is 90.8 cm³/mol. The lowest BCUT2D eigenvalue weighted by atomic mass is 9.98. The Kier molecular flexibility index (Phi) is 5.08. The van der Waals surface area contributed by atoms with Crippen LogP contribution in [0.3, 0.4) is 0 Å². The minimum absolute atomic E-state index is 0.120. The summed E-state index contributed by atoms with van der Waals surface area (Å²) in [7, 11) is 1.41. The van der Waals surface area contributed by atoms with E-state index < -0.39 is 18.0 Å². The summed E-state index contributed by atoms with van der Waals surface area (Å²) in [6, 6.07) is 5.72. The number of aromatic nitrogens is 2. The molecule has 24 heavy (non-hydrogen) atoms. The van der Waals surface area contributed by atoms with Crippen LogP contribution in [-0.2, 0) is 5.54 Å². The van der Waals surface area contributed by atoms with Crippen LogP contribution >= 0.6 is 11.6 Å². The number of carbonyl (C=O) groups is 1. The van der Waals surface area contributed by atoms with Gasteiger partial charge < -0.3 is 4.74 Å². The fourth-order valence-corrected chi connectivity index (χ4v) is 2.49. The van der Waals surface area contributed by atoms with Gasteiger partial charge in [0.15, 0.2) is 12.5 Å². The van der Waals surface area contributed by atoms with Crippen LogP contribution in [0.5, 0.6) is 5.88 Å². The maximum atomic E-state index is 12.9. The summed E-state index contributed by atoms with van der Waals surface area (Å²) in [5, 5.41) is 4.58. The first-order valence-electron chi connectivity index (χ1n) is 7.27. The van der Waals surface area contributed by atoms with Gasteiger partial charge in [0.05, 0.1) is 18.2 Å². The van der Waals surface area contributed by atoms with E-state index in [1.807, 2.05) is 20.8 Å². The summed E-state index contributed by atoms with van der Waals surface area (Å²) < 4.78 is 19.4. The van der Waals surface area contributed by atoms with E-state index in [-0.39, 0.29) is 17.0 Å². The Balaban J connectivity index is 2.78. The zero-order valence-electron chi connectivity index (χ0n) is 13.9. The Labute approximate surface area is 144 Å². The lowest BCUT2D eigenvalue weighted by molar-refractivity contribution is 0.0959. The highest BCUT2D eigenvalue weighted by Gasteiger charge is 2.22. The van der Waals surface area contributed by atoms with Crippen LogP contribution in [0.15, 0.2) is 29.1 Å². The molecular weight excluding hydrogens is 335 g/mol. The Morgan fingerprint density at radius 2 is 1.96 bits per heavy atom. The monoisotopic (exact) mass is 352 g/mol. The number of Topliss-reactive ketones (excluding diaryl/α,β-unsaturated/α-hetero) is 1. The van der Waals surface area contributed by atoms with Crippen molar-refractivity contribution in [1.82, 2.24) is 9.78 Å². The van der Waals surface area contributed by atoms with E-state index in [0.29, 0.717) is 16.1 Å². The predicted octanol–water partition coefficient (Wildman–Crippen LogP) is 3.48. The van der Waals surface area contributed by atoms with Gasteiger partial charge in [-0.25, -0.2) is 9.07 Å². The molecule has 2 aromatic rings. The van der Waals surface area contributed by atoms with Gasteiger partial charge in [0.1, 0.15) is 0 Å². The van der Waals surface area contributed by atoms with Crippen molar-refractivity contribution in [2.75, 3.05) is 13.8 Å². The van der Waals surface area contributed by atoms with Gasteiger partial charge in [-0.05, 0) is 44.5 Å². The number of hydrogen-bond donors (Lipinski definition) is 0. The van der Waals surface area contributed by atoms with Crippen LogP contribution in [0, 0.1) is 0 Å². The molecule has 0 atom stereocenters. The summed E-state index contributed by atoms with van der Waals surface area (Å²) in [6.45, 7) is 4.34. The van der Waals surface area contributed by atoms with Crippen molar-refractivity contribution in [3.63, 3.8) is 0 Å². The molecule has 0 aliphatic heterocycles. The normalized spacial score (nSPS) is 11.4. The van der Waals surface area contributed by atoms with E-state index in [0.717, 1.165) is 0 Å². The Morgan fingerprint density at radius 1 is 1.29 bits per heavy atom. The Morgan fingerprint density at radius 3 is 2.50 bits per heavy atom. The molecule has 0 unspecified atom stereocenters. The third-order valence-electron chi connectivity index (χ3n) is 3.42. The first-order chi connectivity index (χ1) is 11.2. The summed E-state index contributed by atoms with van der Waals surface area (Å²) >= 11 is 6.00. The number of rotatable bonds is 4. The van der Waals surface area contributed by atoms with E-state index in [1.54, 1.807) is 0 Å². The molecule has 0 radical (unpaired) electrons. The van der Waals surface area contributed by atoms with E-state index >= 15 is 0 Å². The first-order valence-corrected chi connectivity index (χ1v) is 7.64. The van der Waals surface area contributed by atoms with Gasteiger partial charge in [-0.1, -0.05) is 11.6 Å². The second kappa shape index (κ2) is 6.73. The van der Waals surface area contributed by atoms with Crippen molar-refractivity contribution in [3.8, 4) is 17.0 Å². The molecule has 0 aliphatic carbocycles. The van der Waals surface area contributed by atoms with Crippen molar-refractivity contribution in [3.05, 3.63) is 45.2 Å². The number of methoxy groups -OCH3 is 1. The second-order valence-electron chi connectivity index (χ2n) is 6.23. The molecule has 0 amide bonds. The largest absolute Gasteiger partial charge is 0.480 e. The fourth-order valence-electron chi connectivity index (χ4n) is 2.32. The summed E-state index contributed by atoms with van der Waals surface area (Å²) in [5.74, 6) is -0.552. The van der Waals surface area contributed by atoms with Gasteiger partial charge in [0.2, 0.25) is 5.88 Å². The zero-order valence-corrected chi connectivity index (χ0v) is 14.6. The summed E-state index contributed by atoms with van der Waals surface area (Å²) in [4.78, 5) is 24.3. The van der Waals surface area contributed by atoms with Crippen molar-refractivity contribution >= 4 is 17.4 Å². The zero-order chi connectivity index (χ0) is 18.1. The van der Waals surface area contributed by atoms with Crippen LogP contribution in [0.1, 0.15) is 31.1 Å². The van der Waals surface area contributed by atoms with E-state index in [9.17, 15) is 14.0 Å². The standard InChI is InChI=1S/C17H18ClFN2O3/c1-17(2,3)21-15(23)8-13(16(20-21)24-4)12-7-10(18)5-6-11(12)14(22)9-19/h5-8H,9H2,1-4H3. The average molecular weight is 353 g/mol. The third kappa shape index (κ3) is 3.48. The van der Waals surface area contributed by atoms with Gasteiger partial charge in [-0.3, -0.25) is 9.59 Å². The highest BCUT2D eigenvalue weighted by molar-refractivity contribution is 6.31. The van der Waals surface area contributed by atoms with Crippen LogP contribution in [-0.4, -0.2) is 29.3 Å². The number of nitrogens with zero attached hydrogens (tertiary/aromatic N) is 2. The highest BCUT2D eigenvalue weighted by Crippen LogP contribution is 2.32. The van der Waals surface area contributed by atoms with Gasteiger partial charge in [0, 0.05) is 16.7 Å². The van der Waals surface area contributed by atoms with Crippen LogP contribution in [0.2, 0.25) is 5.02 Å². The molecule has 128 valence electrons. The second-order valence-corrected chi connectivity index (χ2v) is 6.67. The number of ketones is 1. The van der Waals surface area contributed by atoms with Crippen molar-refractivity contribution < 1.29 is 13.9 Å². The van der Waals surface area contributed by atoms with E-state index in [1.165, 1.54) is 36.1 Å². The molecular formula is C17H18ClFN2O3. The van der Waals surface area contributed by atoms with Gasteiger partial charge in [-0.15, -0.1) is 5.10 Å². The van der Waals surface area contributed by atoms with Crippen molar-refractivity contribution in [2.45, 2.75) is 26.3 Å². The topological polar surface area (TPSA) is 61.2 Å².